The molecule has 1 aliphatic rings. The van der Waals surface area contributed by atoms with Crippen molar-refractivity contribution < 1.29 is 0 Å². The summed E-state index contributed by atoms with van der Waals surface area (Å²) in [5, 5.41) is 4.82. The minimum atomic E-state index is 0.619. The number of para-hydroxylation sites is 3. The minimum Gasteiger partial charge on any atom is -0.309 e. The monoisotopic (exact) mass is 706 g/mol. The third-order valence-corrected chi connectivity index (χ3v) is 11.6. The highest BCUT2D eigenvalue weighted by Crippen LogP contribution is 2.53. The molecular weight excluding hydrogens is 677 g/mol. The average Bonchev–Trinajstić information content (AvgIpc) is 3.58. The number of fused-ring (bicyclic) bond motifs is 9. The van der Waals surface area contributed by atoms with E-state index in [0.29, 0.717) is 17.5 Å². The first-order valence-electron chi connectivity index (χ1n) is 18.1. The van der Waals surface area contributed by atoms with Gasteiger partial charge in [-0.3, -0.25) is 0 Å². The van der Waals surface area contributed by atoms with Crippen LogP contribution >= 0.6 is 11.3 Å². The Morgan fingerprint density at radius 3 is 1.52 bits per heavy atom. The number of thiophene rings is 1. The van der Waals surface area contributed by atoms with Crippen molar-refractivity contribution in [3.05, 3.63) is 182 Å². The quantitative estimate of drug-likeness (QED) is 0.183. The molecule has 0 unspecified atom stereocenters. The van der Waals surface area contributed by atoms with Gasteiger partial charge in [0, 0.05) is 48.0 Å². The van der Waals surface area contributed by atoms with Gasteiger partial charge in [0.15, 0.2) is 17.5 Å². The molecule has 0 spiro atoms. The maximum Gasteiger partial charge on any atom is 0.166 e. The second-order valence-electron chi connectivity index (χ2n) is 13.6. The Balaban J connectivity index is 1.18. The van der Waals surface area contributed by atoms with Gasteiger partial charge >= 0.3 is 0 Å². The molecule has 8 aromatic carbocycles. The molecule has 0 saturated heterocycles. The summed E-state index contributed by atoms with van der Waals surface area (Å²) in [6.07, 6.45) is 0. The van der Waals surface area contributed by atoms with Crippen molar-refractivity contribution in [1.82, 2.24) is 15.0 Å². The highest BCUT2D eigenvalue weighted by Gasteiger charge is 2.28. The van der Waals surface area contributed by atoms with Gasteiger partial charge in [0.05, 0.1) is 17.1 Å². The lowest BCUT2D eigenvalue weighted by Gasteiger charge is -2.29. The molecule has 4 nitrogen and oxygen atoms in total. The van der Waals surface area contributed by atoms with Crippen LogP contribution in [0.5, 0.6) is 0 Å². The molecule has 0 amide bonds. The molecule has 5 heteroatoms. The average molecular weight is 707 g/mol. The van der Waals surface area contributed by atoms with Crippen molar-refractivity contribution in [2.24, 2.45) is 0 Å². The summed E-state index contributed by atoms with van der Waals surface area (Å²) >= 11 is 1.80. The summed E-state index contributed by atoms with van der Waals surface area (Å²) < 4.78 is 2.46. The fraction of sp³-hybridized carbons (Fsp3) is 0. The molecule has 54 heavy (non-hydrogen) atoms. The Labute approximate surface area is 316 Å². The van der Waals surface area contributed by atoms with Crippen molar-refractivity contribution in [3.8, 4) is 56.4 Å². The van der Waals surface area contributed by atoms with Gasteiger partial charge in [0.2, 0.25) is 0 Å². The van der Waals surface area contributed by atoms with Crippen LogP contribution in [0.3, 0.4) is 0 Å². The predicted molar refractivity (Wildman–Crippen MR) is 226 cm³/mol. The van der Waals surface area contributed by atoms with E-state index in [-0.39, 0.29) is 0 Å². The Hall–Kier alpha value is -6.95. The van der Waals surface area contributed by atoms with Gasteiger partial charge in [-0.15, -0.1) is 11.3 Å². The summed E-state index contributed by atoms with van der Waals surface area (Å²) in [7, 11) is 0. The molecule has 0 radical (unpaired) electrons. The fourth-order valence-electron chi connectivity index (χ4n) is 8.02. The molecule has 0 N–H and O–H groups in total. The molecule has 252 valence electrons. The fourth-order valence-corrected chi connectivity index (χ4v) is 9.15. The van der Waals surface area contributed by atoms with Crippen LogP contribution in [0.1, 0.15) is 0 Å². The highest BCUT2D eigenvalue weighted by atomic mass is 32.1. The van der Waals surface area contributed by atoms with Gasteiger partial charge in [-0.05, 0) is 70.4 Å². The number of hydrogen-bond donors (Lipinski definition) is 0. The molecule has 2 aromatic heterocycles. The second-order valence-corrected chi connectivity index (χ2v) is 14.7. The Bertz CT molecular complexity index is 2990. The van der Waals surface area contributed by atoms with Gasteiger partial charge < -0.3 is 4.90 Å². The molecule has 10 aromatic rings. The zero-order valence-electron chi connectivity index (χ0n) is 29.0. The van der Waals surface area contributed by atoms with Crippen LogP contribution in [0.4, 0.5) is 17.1 Å². The van der Waals surface area contributed by atoms with Crippen molar-refractivity contribution in [2.75, 3.05) is 4.90 Å². The SMILES string of the molecule is c1ccc(-c2nc(-c3ccccc3N3c4ccccc4-c4cc5ccccc5cc4-c4ccccc43)nc(-c3cccc4sc5ccccc5c34)n2)cc1. The molecule has 1 aliphatic heterocycles. The van der Waals surface area contributed by atoms with Crippen LogP contribution in [0, 0.1) is 0 Å². The van der Waals surface area contributed by atoms with E-state index in [1.807, 2.05) is 18.2 Å². The molecule has 0 bridgehead atoms. The lowest BCUT2D eigenvalue weighted by molar-refractivity contribution is 1.07. The minimum absolute atomic E-state index is 0.619. The predicted octanol–water partition coefficient (Wildman–Crippen LogP) is 13.5. The Kier molecular flexibility index (Phi) is 7.00. The van der Waals surface area contributed by atoms with Crippen LogP contribution in [-0.2, 0) is 0 Å². The van der Waals surface area contributed by atoms with Crippen molar-refractivity contribution in [3.63, 3.8) is 0 Å². The zero-order chi connectivity index (χ0) is 35.6. The van der Waals surface area contributed by atoms with Gasteiger partial charge in [-0.25, -0.2) is 15.0 Å². The first-order valence-corrected chi connectivity index (χ1v) is 18.9. The zero-order valence-corrected chi connectivity index (χ0v) is 29.8. The topological polar surface area (TPSA) is 41.9 Å². The normalized spacial score (nSPS) is 12.0. The highest BCUT2D eigenvalue weighted by molar-refractivity contribution is 7.25. The number of aromatic nitrogens is 3. The van der Waals surface area contributed by atoms with Gasteiger partial charge in [0.1, 0.15) is 0 Å². The van der Waals surface area contributed by atoms with Crippen LogP contribution < -0.4 is 4.90 Å². The third kappa shape index (κ3) is 4.86. The summed E-state index contributed by atoms with van der Waals surface area (Å²) in [5.74, 6) is 1.91. The van der Waals surface area contributed by atoms with Crippen LogP contribution in [0.15, 0.2) is 182 Å². The Morgan fingerprint density at radius 2 is 0.833 bits per heavy atom. The first-order chi connectivity index (χ1) is 26.8. The van der Waals surface area contributed by atoms with Crippen LogP contribution in [0.2, 0.25) is 0 Å². The van der Waals surface area contributed by atoms with Crippen molar-refractivity contribution in [2.45, 2.75) is 0 Å². The summed E-state index contributed by atoms with van der Waals surface area (Å²) in [6.45, 7) is 0. The van der Waals surface area contributed by atoms with E-state index < -0.39 is 0 Å². The Morgan fingerprint density at radius 1 is 0.352 bits per heavy atom. The second kappa shape index (κ2) is 12.3. The summed E-state index contributed by atoms with van der Waals surface area (Å²) in [5.41, 5.74) is 10.8. The van der Waals surface area contributed by atoms with E-state index in [2.05, 4.69) is 169 Å². The lowest BCUT2D eigenvalue weighted by Crippen LogP contribution is -2.13. The number of benzene rings is 8. The van der Waals surface area contributed by atoms with E-state index in [1.54, 1.807) is 11.3 Å². The molecule has 0 saturated carbocycles. The number of nitrogens with zero attached hydrogens (tertiary/aromatic N) is 4. The van der Waals surface area contributed by atoms with E-state index in [0.717, 1.165) is 33.8 Å². The molecule has 3 heterocycles. The number of hydrogen-bond acceptors (Lipinski definition) is 5. The lowest BCUT2D eigenvalue weighted by atomic mass is 9.91. The van der Waals surface area contributed by atoms with E-state index >= 15 is 0 Å². The first kappa shape index (κ1) is 30.7. The molecule has 0 fully saturated rings. The number of rotatable bonds is 4. The molecule has 0 aliphatic carbocycles. The van der Waals surface area contributed by atoms with Gasteiger partial charge in [-0.2, -0.15) is 0 Å². The molecule has 0 atom stereocenters. The van der Waals surface area contributed by atoms with Crippen LogP contribution in [-0.4, -0.2) is 15.0 Å². The van der Waals surface area contributed by atoms with Gasteiger partial charge in [0.25, 0.3) is 0 Å². The molecule has 11 rings (SSSR count). The number of anilines is 3. The maximum absolute atomic E-state index is 5.36. The maximum atomic E-state index is 5.36. The summed E-state index contributed by atoms with van der Waals surface area (Å²) in [4.78, 5) is 18.2. The smallest absolute Gasteiger partial charge is 0.166 e. The van der Waals surface area contributed by atoms with E-state index in [4.69, 9.17) is 15.0 Å². The largest absolute Gasteiger partial charge is 0.309 e. The standard InChI is InChI=1S/C49H30N4S/c1-2-15-31(16-3-1)47-50-48(52-49(51-47)38-23-14-28-45-46(38)37-22-9-13-27-44(37)54-45)36-21-8-12-26-43(36)53-41-24-10-6-19-34(41)39-29-32-17-4-5-18-33(32)30-40(39)35-20-7-11-25-42(35)53/h1-30H. The van der Waals surface area contributed by atoms with Crippen molar-refractivity contribution in [1.29, 1.82) is 0 Å². The van der Waals surface area contributed by atoms with E-state index in [1.165, 1.54) is 53.2 Å². The van der Waals surface area contributed by atoms with Crippen molar-refractivity contribution >= 4 is 59.3 Å². The van der Waals surface area contributed by atoms with Gasteiger partial charge in [-0.1, -0.05) is 133 Å². The summed E-state index contributed by atoms with van der Waals surface area (Å²) in [6, 6.07) is 64.5. The van der Waals surface area contributed by atoms with Crippen LogP contribution in [0.25, 0.3) is 87.4 Å². The third-order valence-electron chi connectivity index (χ3n) is 10.5. The molecular formula is C49H30N4S. The van der Waals surface area contributed by atoms with E-state index in [9.17, 15) is 0 Å².